The average Bonchev–Trinajstić information content (AvgIpc) is 2.37. The number of hydrogen-bond donors (Lipinski definition) is 1. The highest BCUT2D eigenvalue weighted by molar-refractivity contribution is 9.10. The lowest BCUT2D eigenvalue weighted by Crippen LogP contribution is -2.19. The minimum atomic E-state index is 0.661. The topological polar surface area (TPSA) is 30.5 Å². The molecule has 1 N–H and O–H groups in total. The maximum Gasteiger partial charge on any atom is 0.126 e. The molecule has 0 atom stereocenters. The molecule has 114 valence electrons. The van der Waals surface area contributed by atoms with E-state index in [4.69, 9.17) is 9.47 Å². The molecule has 0 aliphatic heterocycles. The predicted octanol–water partition coefficient (Wildman–Crippen LogP) is 3.92. The molecule has 0 fully saturated rings. The molecule has 0 unspecified atom stereocenters. The molecule has 0 aliphatic carbocycles. The monoisotopic (exact) mass is 343 g/mol. The van der Waals surface area contributed by atoms with Crippen LogP contribution in [0.25, 0.3) is 0 Å². The lowest BCUT2D eigenvalue weighted by atomic mass is 10.1. The van der Waals surface area contributed by atoms with Gasteiger partial charge in [-0.1, -0.05) is 29.8 Å². The molecule has 1 rings (SSSR count). The second-order valence-corrected chi connectivity index (χ2v) is 6.33. The fourth-order valence-corrected chi connectivity index (χ4v) is 2.55. The normalized spacial score (nSPS) is 11.1. The first kappa shape index (κ1) is 17.5. The maximum absolute atomic E-state index is 6.00. The summed E-state index contributed by atoms with van der Waals surface area (Å²) in [5.74, 6) is 1.67. The highest BCUT2D eigenvalue weighted by Crippen LogP contribution is 2.28. The van der Waals surface area contributed by atoms with Crippen LogP contribution in [0.2, 0.25) is 0 Å². The number of aryl methyl sites for hydroxylation is 1. The van der Waals surface area contributed by atoms with E-state index in [0.29, 0.717) is 5.92 Å². The van der Waals surface area contributed by atoms with Crippen molar-refractivity contribution in [3.8, 4) is 5.75 Å². The molecule has 0 spiro atoms. The van der Waals surface area contributed by atoms with Crippen molar-refractivity contribution in [1.29, 1.82) is 0 Å². The Morgan fingerprint density at radius 2 is 2.00 bits per heavy atom. The molecule has 1 aromatic rings. The van der Waals surface area contributed by atoms with Gasteiger partial charge in [-0.2, -0.15) is 0 Å². The van der Waals surface area contributed by atoms with Gasteiger partial charge in [0.1, 0.15) is 5.75 Å². The van der Waals surface area contributed by atoms with Gasteiger partial charge in [-0.15, -0.1) is 0 Å². The standard InChI is InChI=1S/C16H26BrNO2/c1-12(2)5-7-20-16-13(3)9-15(17)10-14(16)11-18-6-8-19-4/h9-10,12,18H,5-8,11H2,1-4H3. The van der Waals surface area contributed by atoms with Crippen molar-refractivity contribution in [3.05, 3.63) is 27.7 Å². The van der Waals surface area contributed by atoms with Gasteiger partial charge in [0.15, 0.2) is 0 Å². The van der Waals surface area contributed by atoms with Gasteiger partial charge in [0.25, 0.3) is 0 Å². The summed E-state index contributed by atoms with van der Waals surface area (Å²) >= 11 is 3.55. The van der Waals surface area contributed by atoms with Crippen molar-refractivity contribution < 1.29 is 9.47 Å². The van der Waals surface area contributed by atoms with Gasteiger partial charge in [0, 0.05) is 30.2 Å². The zero-order chi connectivity index (χ0) is 15.0. The summed E-state index contributed by atoms with van der Waals surface area (Å²) in [6, 6.07) is 4.22. The van der Waals surface area contributed by atoms with Crippen LogP contribution in [-0.2, 0) is 11.3 Å². The molecule has 0 saturated carbocycles. The lowest BCUT2D eigenvalue weighted by Gasteiger charge is -2.16. The van der Waals surface area contributed by atoms with Crippen molar-refractivity contribution in [2.75, 3.05) is 26.9 Å². The Morgan fingerprint density at radius 1 is 1.25 bits per heavy atom. The molecule has 0 heterocycles. The molecule has 0 aliphatic rings. The Bertz CT molecular complexity index is 408. The smallest absolute Gasteiger partial charge is 0.126 e. The van der Waals surface area contributed by atoms with Crippen molar-refractivity contribution >= 4 is 15.9 Å². The minimum absolute atomic E-state index is 0.661. The van der Waals surface area contributed by atoms with Gasteiger partial charge in [-0.05, 0) is 37.0 Å². The summed E-state index contributed by atoms with van der Waals surface area (Å²) in [6.45, 7) is 9.64. The molecule has 0 saturated heterocycles. The fraction of sp³-hybridized carbons (Fsp3) is 0.625. The first-order chi connectivity index (χ1) is 9.54. The van der Waals surface area contributed by atoms with Crippen LogP contribution in [0.3, 0.4) is 0 Å². The number of rotatable bonds is 9. The number of halogens is 1. The molecule has 4 heteroatoms. The first-order valence-electron chi connectivity index (χ1n) is 7.16. The van der Waals surface area contributed by atoms with E-state index >= 15 is 0 Å². The Kier molecular flexibility index (Phi) is 8.19. The van der Waals surface area contributed by atoms with Gasteiger partial charge in [0.2, 0.25) is 0 Å². The van der Waals surface area contributed by atoms with Crippen LogP contribution in [0.15, 0.2) is 16.6 Å². The molecule has 0 aromatic heterocycles. The third-order valence-corrected chi connectivity index (χ3v) is 3.51. The Morgan fingerprint density at radius 3 is 2.65 bits per heavy atom. The molecular formula is C16H26BrNO2. The zero-order valence-electron chi connectivity index (χ0n) is 13.0. The number of benzene rings is 1. The van der Waals surface area contributed by atoms with E-state index in [0.717, 1.165) is 42.9 Å². The molecule has 1 aromatic carbocycles. The van der Waals surface area contributed by atoms with E-state index in [1.807, 2.05) is 0 Å². The largest absolute Gasteiger partial charge is 0.493 e. The minimum Gasteiger partial charge on any atom is -0.493 e. The summed E-state index contributed by atoms with van der Waals surface area (Å²) in [5, 5.41) is 3.37. The maximum atomic E-state index is 6.00. The molecule has 0 amide bonds. The Balaban J connectivity index is 2.68. The van der Waals surface area contributed by atoms with Crippen LogP contribution in [0.5, 0.6) is 5.75 Å². The Labute approximate surface area is 131 Å². The highest BCUT2D eigenvalue weighted by atomic mass is 79.9. The van der Waals surface area contributed by atoms with E-state index in [9.17, 15) is 0 Å². The summed E-state index contributed by atoms with van der Waals surface area (Å²) in [5.41, 5.74) is 2.36. The number of hydrogen-bond acceptors (Lipinski definition) is 3. The SMILES string of the molecule is COCCNCc1cc(Br)cc(C)c1OCCC(C)C. The van der Waals surface area contributed by atoms with Crippen LogP contribution >= 0.6 is 15.9 Å². The fourth-order valence-electron chi connectivity index (χ4n) is 1.93. The second-order valence-electron chi connectivity index (χ2n) is 5.41. The Hall–Kier alpha value is -0.580. The van der Waals surface area contributed by atoms with Crippen LogP contribution in [0, 0.1) is 12.8 Å². The van der Waals surface area contributed by atoms with Gasteiger partial charge >= 0.3 is 0 Å². The van der Waals surface area contributed by atoms with Gasteiger partial charge in [0.05, 0.1) is 13.2 Å². The van der Waals surface area contributed by atoms with Crippen molar-refractivity contribution in [2.24, 2.45) is 5.92 Å². The predicted molar refractivity (Wildman–Crippen MR) is 87.4 cm³/mol. The lowest BCUT2D eigenvalue weighted by molar-refractivity contribution is 0.199. The number of ether oxygens (including phenoxy) is 2. The highest BCUT2D eigenvalue weighted by Gasteiger charge is 2.09. The van der Waals surface area contributed by atoms with Gasteiger partial charge in [-0.25, -0.2) is 0 Å². The van der Waals surface area contributed by atoms with Crippen LogP contribution in [0.4, 0.5) is 0 Å². The third-order valence-electron chi connectivity index (χ3n) is 3.06. The summed E-state index contributed by atoms with van der Waals surface area (Å²) in [6.07, 6.45) is 1.08. The van der Waals surface area contributed by atoms with E-state index in [1.165, 1.54) is 11.1 Å². The molecule has 3 nitrogen and oxygen atoms in total. The molecular weight excluding hydrogens is 318 g/mol. The van der Waals surface area contributed by atoms with Crippen LogP contribution in [-0.4, -0.2) is 26.9 Å². The van der Waals surface area contributed by atoms with E-state index in [-0.39, 0.29) is 0 Å². The summed E-state index contributed by atoms with van der Waals surface area (Å²) in [4.78, 5) is 0. The van der Waals surface area contributed by atoms with E-state index in [1.54, 1.807) is 7.11 Å². The van der Waals surface area contributed by atoms with Gasteiger partial charge in [-0.3, -0.25) is 0 Å². The van der Waals surface area contributed by atoms with Crippen LogP contribution in [0.1, 0.15) is 31.4 Å². The van der Waals surface area contributed by atoms with Crippen molar-refractivity contribution in [2.45, 2.75) is 33.7 Å². The molecule has 20 heavy (non-hydrogen) atoms. The quantitative estimate of drug-likeness (QED) is 0.689. The summed E-state index contributed by atoms with van der Waals surface area (Å²) < 4.78 is 12.1. The van der Waals surface area contributed by atoms with Crippen LogP contribution < -0.4 is 10.1 Å². The van der Waals surface area contributed by atoms with E-state index < -0.39 is 0 Å². The molecule has 0 radical (unpaired) electrons. The first-order valence-corrected chi connectivity index (χ1v) is 7.95. The third kappa shape index (κ3) is 6.25. The van der Waals surface area contributed by atoms with E-state index in [2.05, 4.69) is 54.2 Å². The van der Waals surface area contributed by atoms with Crippen molar-refractivity contribution in [1.82, 2.24) is 5.32 Å². The number of methoxy groups -OCH3 is 1. The average molecular weight is 344 g/mol. The van der Waals surface area contributed by atoms with Crippen molar-refractivity contribution in [3.63, 3.8) is 0 Å². The summed E-state index contributed by atoms with van der Waals surface area (Å²) in [7, 11) is 1.71. The second kappa shape index (κ2) is 9.37. The zero-order valence-corrected chi connectivity index (χ0v) is 14.5. The number of nitrogens with one attached hydrogen (secondary N) is 1. The molecule has 0 bridgehead atoms. The van der Waals surface area contributed by atoms with Gasteiger partial charge < -0.3 is 14.8 Å².